The molecule has 0 aromatic carbocycles. The summed E-state index contributed by atoms with van der Waals surface area (Å²) < 4.78 is 8.08. The number of hydrogen-bond acceptors (Lipinski definition) is 3. The molecule has 1 atom stereocenters. The molecule has 0 spiro atoms. The van der Waals surface area contributed by atoms with E-state index in [1.807, 2.05) is 7.11 Å². The third-order valence-corrected chi connectivity index (χ3v) is 4.83. The van der Waals surface area contributed by atoms with Crippen molar-refractivity contribution in [1.82, 2.24) is 15.1 Å². The third kappa shape index (κ3) is 2.91. The smallest absolute Gasteiger partial charge is 0.0834 e. The normalized spacial score (nSPS) is 19.4. The molecule has 1 aromatic rings. The van der Waals surface area contributed by atoms with Crippen LogP contribution in [0.25, 0.3) is 0 Å². The molecule has 1 fully saturated rings. The fourth-order valence-electron chi connectivity index (χ4n) is 3.55. The first-order valence-electron chi connectivity index (χ1n) is 7.97. The van der Waals surface area contributed by atoms with E-state index in [0.717, 1.165) is 32.2 Å². The number of nitrogens with one attached hydrogen (secondary N) is 1. The van der Waals surface area contributed by atoms with Gasteiger partial charge in [-0.15, -0.1) is 0 Å². The van der Waals surface area contributed by atoms with E-state index >= 15 is 0 Å². The van der Waals surface area contributed by atoms with Gasteiger partial charge in [-0.1, -0.05) is 19.8 Å². The van der Waals surface area contributed by atoms with E-state index in [9.17, 15) is 0 Å². The summed E-state index contributed by atoms with van der Waals surface area (Å²) in [6.45, 7) is 5.26. The average molecular weight is 279 g/mol. The average Bonchev–Trinajstić information content (AvgIpc) is 3.11. The number of aromatic nitrogens is 2. The lowest BCUT2D eigenvalue weighted by Gasteiger charge is -2.36. The van der Waals surface area contributed by atoms with Crippen LogP contribution in [0, 0.1) is 0 Å². The minimum atomic E-state index is 0.00394. The molecule has 1 heterocycles. The van der Waals surface area contributed by atoms with E-state index in [4.69, 9.17) is 4.74 Å². The molecule has 0 aliphatic heterocycles. The summed E-state index contributed by atoms with van der Waals surface area (Å²) in [5.41, 5.74) is 2.52. The zero-order valence-electron chi connectivity index (χ0n) is 13.4. The maximum atomic E-state index is 5.94. The van der Waals surface area contributed by atoms with Gasteiger partial charge in [-0.2, -0.15) is 5.10 Å². The van der Waals surface area contributed by atoms with Crippen molar-refractivity contribution in [3.8, 4) is 0 Å². The molecule has 114 valence electrons. The van der Waals surface area contributed by atoms with Crippen molar-refractivity contribution in [2.24, 2.45) is 0 Å². The van der Waals surface area contributed by atoms with Gasteiger partial charge in [-0.05, 0) is 39.3 Å². The number of aryl methyl sites for hydroxylation is 2. The third-order valence-electron chi connectivity index (χ3n) is 4.83. The van der Waals surface area contributed by atoms with Gasteiger partial charge in [0.15, 0.2) is 0 Å². The van der Waals surface area contributed by atoms with Gasteiger partial charge in [-0.3, -0.25) is 4.68 Å². The van der Waals surface area contributed by atoms with Crippen molar-refractivity contribution in [1.29, 1.82) is 0 Å². The SMILES string of the molecule is CCc1cc(CC(NC)C2(OC)CCCC2)n(CC)n1. The second-order valence-electron chi connectivity index (χ2n) is 5.82. The van der Waals surface area contributed by atoms with Gasteiger partial charge in [0.25, 0.3) is 0 Å². The van der Waals surface area contributed by atoms with Crippen LogP contribution in [-0.2, 0) is 24.1 Å². The summed E-state index contributed by atoms with van der Waals surface area (Å²) in [6, 6.07) is 2.62. The van der Waals surface area contributed by atoms with Crippen molar-refractivity contribution >= 4 is 0 Å². The van der Waals surface area contributed by atoms with Crippen LogP contribution < -0.4 is 5.32 Å². The molecular formula is C16H29N3O. The summed E-state index contributed by atoms with van der Waals surface area (Å²) >= 11 is 0. The largest absolute Gasteiger partial charge is 0.377 e. The Hall–Kier alpha value is -0.870. The zero-order valence-corrected chi connectivity index (χ0v) is 13.4. The molecular weight excluding hydrogens is 250 g/mol. The van der Waals surface area contributed by atoms with Crippen LogP contribution in [0.15, 0.2) is 6.07 Å². The summed E-state index contributed by atoms with van der Waals surface area (Å²) in [7, 11) is 3.92. The molecule has 4 heteroatoms. The van der Waals surface area contributed by atoms with Gasteiger partial charge in [0.2, 0.25) is 0 Å². The number of methoxy groups -OCH3 is 1. The summed E-state index contributed by atoms with van der Waals surface area (Å²) in [5.74, 6) is 0. The standard InChI is InChI=1S/C16H29N3O/c1-5-13-11-14(19(6-2)18-13)12-15(17-3)16(20-4)9-7-8-10-16/h11,15,17H,5-10,12H2,1-4H3. The van der Waals surface area contributed by atoms with Gasteiger partial charge < -0.3 is 10.1 Å². The Labute approximate surface area is 122 Å². The van der Waals surface area contributed by atoms with Crippen molar-refractivity contribution in [2.45, 2.75) is 70.6 Å². The minimum absolute atomic E-state index is 0.00394. The highest BCUT2D eigenvalue weighted by molar-refractivity contribution is 5.14. The molecule has 2 rings (SSSR count). The van der Waals surface area contributed by atoms with E-state index in [-0.39, 0.29) is 5.60 Å². The Kier molecular flexibility index (Phi) is 5.22. The Morgan fingerprint density at radius 3 is 2.60 bits per heavy atom. The van der Waals surface area contributed by atoms with Crippen LogP contribution in [0.3, 0.4) is 0 Å². The molecule has 1 aliphatic rings. The molecule has 1 unspecified atom stereocenters. The molecule has 1 aromatic heterocycles. The van der Waals surface area contributed by atoms with E-state index in [1.54, 1.807) is 0 Å². The van der Waals surface area contributed by atoms with Crippen molar-refractivity contribution in [3.63, 3.8) is 0 Å². The lowest BCUT2D eigenvalue weighted by molar-refractivity contribution is -0.0340. The molecule has 20 heavy (non-hydrogen) atoms. The molecule has 1 N–H and O–H groups in total. The number of nitrogens with zero attached hydrogens (tertiary/aromatic N) is 2. The van der Waals surface area contributed by atoms with Crippen LogP contribution in [0.2, 0.25) is 0 Å². The first kappa shape index (κ1) is 15.5. The highest BCUT2D eigenvalue weighted by Gasteiger charge is 2.41. The molecule has 1 aliphatic carbocycles. The lowest BCUT2D eigenvalue weighted by atomic mass is 9.88. The van der Waals surface area contributed by atoms with E-state index in [1.165, 1.54) is 24.2 Å². The van der Waals surface area contributed by atoms with Crippen LogP contribution in [0.1, 0.15) is 50.9 Å². The Balaban J connectivity index is 2.19. The quantitative estimate of drug-likeness (QED) is 0.833. The molecule has 0 saturated heterocycles. The van der Waals surface area contributed by atoms with Crippen molar-refractivity contribution < 1.29 is 4.74 Å². The number of rotatable bonds is 7. The van der Waals surface area contributed by atoms with Gasteiger partial charge in [-0.25, -0.2) is 0 Å². The van der Waals surface area contributed by atoms with Crippen LogP contribution >= 0.6 is 0 Å². The first-order valence-corrected chi connectivity index (χ1v) is 7.97. The predicted molar refractivity (Wildman–Crippen MR) is 82.0 cm³/mol. The Bertz CT molecular complexity index is 421. The summed E-state index contributed by atoms with van der Waals surface area (Å²) in [4.78, 5) is 0. The highest BCUT2D eigenvalue weighted by atomic mass is 16.5. The molecule has 1 saturated carbocycles. The zero-order chi connectivity index (χ0) is 14.6. The molecule has 0 radical (unpaired) electrons. The fraction of sp³-hybridized carbons (Fsp3) is 0.812. The minimum Gasteiger partial charge on any atom is -0.377 e. The summed E-state index contributed by atoms with van der Waals surface area (Å²) in [5, 5.41) is 8.15. The number of hydrogen-bond donors (Lipinski definition) is 1. The second kappa shape index (κ2) is 6.72. The maximum Gasteiger partial charge on any atom is 0.0834 e. The Morgan fingerprint density at radius 1 is 1.40 bits per heavy atom. The summed E-state index contributed by atoms with van der Waals surface area (Å²) in [6.07, 6.45) is 6.87. The predicted octanol–water partition coefficient (Wildman–Crippen LogP) is 2.56. The fourth-order valence-corrected chi connectivity index (χ4v) is 3.55. The van der Waals surface area contributed by atoms with E-state index in [2.05, 4.69) is 42.1 Å². The van der Waals surface area contributed by atoms with Gasteiger partial charge in [0.1, 0.15) is 0 Å². The monoisotopic (exact) mass is 279 g/mol. The second-order valence-corrected chi connectivity index (χ2v) is 5.82. The maximum absolute atomic E-state index is 5.94. The molecule has 0 bridgehead atoms. The molecule has 4 nitrogen and oxygen atoms in total. The molecule has 0 amide bonds. The number of likely N-dealkylation sites (N-methyl/N-ethyl adjacent to an activating group) is 1. The van der Waals surface area contributed by atoms with Gasteiger partial charge >= 0.3 is 0 Å². The lowest BCUT2D eigenvalue weighted by Crippen LogP contribution is -2.50. The Morgan fingerprint density at radius 2 is 2.10 bits per heavy atom. The van der Waals surface area contributed by atoms with Gasteiger partial charge in [0.05, 0.1) is 11.3 Å². The first-order chi connectivity index (χ1) is 9.69. The van der Waals surface area contributed by atoms with Gasteiger partial charge in [0, 0.05) is 31.8 Å². The van der Waals surface area contributed by atoms with Crippen LogP contribution in [0.5, 0.6) is 0 Å². The number of ether oxygens (including phenoxy) is 1. The highest BCUT2D eigenvalue weighted by Crippen LogP contribution is 2.36. The van der Waals surface area contributed by atoms with E-state index < -0.39 is 0 Å². The van der Waals surface area contributed by atoms with Crippen LogP contribution in [0.4, 0.5) is 0 Å². The van der Waals surface area contributed by atoms with Crippen molar-refractivity contribution in [2.75, 3.05) is 14.2 Å². The van der Waals surface area contributed by atoms with Crippen molar-refractivity contribution in [3.05, 3.63) is 17.5 Å². The van der Waals surface area contributed by atoms with E-state index in [0.29, 0.717) is 6.04 Å². The van der Waals surface area contributed by atoms with Crippen LogP contribution in [-0.4, -0.2) is 35.6 Å². The topological polar surface area (TPSA) is 39.1 Å².